The van der Waals surface area contributed by atoms with Gasteiger partial charge in [-0.15, -0.1) is 0 Å². The van der Waals surface area contributed by atoms with Crippen LogP contribution in [0.2, 0.25) is 0 Å². The molecule has 3 N–H and O–H groups in total. The van der Waals surface area contributed by atoms with Crippen LogP contribution in [0.1, 0.15) is 43.0 Å². The van der Waals surface area contributed by atoms with Gasteiger partial charge in [0.15, 0.2) is 5.96 Å². The van der Waals surface area contributed by atoms with Crippen molar-refractivity contribution in [3.63, 3.8) is 0 Å². The second-order valence-corrected chi connectivity index (χ2v) is 7.07. The molecule has 2 aliphatic heterocycles. The van der Waals surface area contributed by atoms with E-state index in [1.807, 2.05) is 29.1 Å². The Labute approximate surface area is 159 Å². The summed E-state index contributed by atoms with van der Waals surface area (Å²) in [4.78, 5) is 4.61. The monoisotopic (exact) mass is 369 g/mol. The first-order valence-electron chi connectivity index (χ1n) is 9.66. The number of nitrogens with one attached hydrogen (secondary N) is 1. The summed E-state index contributed by atoms with van der Waals surface area (Å²) in [5.41, 5.74) is 8.45. The van der Waals surface area contributed by atoms with Crippen molar-refractivity contribution in [1.82, 2.24) is 15.1 Å². The van der Waals surface area contributed by atoms with Crippen LogP contribution in [-0.4, -0.2) is 35.5 Å². The van der Waals surface area contributed by atoms with E-state index in [4.69, 9.17) is 15.2 Å². The van der Waals surface area contributed by atoms with E-state index >= 15 is 0 Å². The fourth-order valence-electron chi connectivity index (χ4n) is 3.82. The van der Waals surface area contributed by atoms with Crippen LogP contribution >= 0.6 is 0 Å². The molecule has 3 atom stereocenters. The number of rotatable bonds is 5. The summed E-state index contributed by atoms with van der Waals surface area (Å²) in [6, 6.07) is 8.21. The molecule has 144 valence electrons. The zero-order valence-corrected chi connectivity index (χ0v) is 15.7. The van der Waals surface area contributed by atoms with E-state index in [2.05, 4.69) is 34.6 Å². The third-order valence-corrected chi connectivity index (χ3v) is 5.30. The second-order valence-electron chi connectivity index (χ2n) is 7.07. The minimum atomic E-state index is 0.0469. The number of nitrogens with two attached hydrogens (primary N) is 1. The normalized spacial score (nSPS) is 25.1. The van der Waals surface area contributed by atoms with Gasteiger partial charge < -0.3 is 20.5 Å². The maximum absolute atomic E-state index is 6.19. The first kappa shape index (κ1) is 17.9. The number of aliphatic imine (C=N–C) groups is 1. The van der Waals surface area contributed by atoms with E-state index in [1.54, 1.807) is 0 Å². The lowest BCUT2D eigenvalue weighted by Crippen LogP contribution is -2.37. The Bertz CT molecular complexity index is 803. The topological polar surface area (TPSA) is 86.7 Å². The molecule has 1 unspecified atom stereocenters. The molecule has 7 nitrogen and oxygen atoms in total. The lowest BCUT2D eigenvalue weighted by molar-refractivity contribution is 0.0925. The van der Waals surface area contributed by atoms with Gasteiger partial charge in [0, 0.05) is 49.4 Å². The van der Waals surface area contributed by atoms with Crippen molar-refractivity contribution in [3.8, 4) is 5.75 Å². The summed E-state index contributed by atoms with van der Waals surface area (Å²) in [6.07, 6.45) is 5.87. The van der Waals surface area contributed by atoms with E-state index in [1.165, 1.54) is 0 Å². The largest absolute Gasteiger partial charge is 0.493 e. The first-order valence-corrected chi connectivity index (χ1v) is 9.66. The molecule has 27 heavy (non-hydrogen) atoms. The van der Waals surface area contributed by atoms with Crippen LogP contribution in [0.3, 0.4) is 0 Å². The van der Waals surface area contributed by atoms with Crippen molar-refractivity contribution in [3.05, 3.63) is 47.8 Å². The average molecular weight is 369 g/mol. The molecular formula is C20H27N5O2. The SMILES string of the molecule is CCn1cc([C@@H]2OCC[C@H]2CN=C(N)NC2CCOc3ccccc32)cn1. The van der Waals surface area contributed by atoms with Crippen LogP contribution in [0.15, 0.2) is 41.7 Å². The highest BCUT2D eigenvalue weighted by Crippen LogP contribution is 2.35. The highest BCUT2D eigenvalue weighted by atomic mass is 16.5. The lowest BCUT2D eigenvalue weighted by atomic mass is 9.97. The predicted octanol–water partition coefficient (Wildman–Crippen LogP) is 2.41. The van der Waals surface area contributed by atoms with E-state index < -0.39 is 0 Å². The molecule has 1 aromatic heterocycles. The highest BCUT2D eigenvalue weighted by molar-refractivity contribution is 5.78. The quantitative estimate of drug-likeness (QED) is 0.624. The van der Waals surface area contributed by atoms with Crippen LogP contribution in [0, 0.1) is 5.92 Å². The fraction of sp³-hybridized carbons (Fsp3) is 0.500. The van der Waals surface area contributed by atoms with Crippen LogP contribution in [0.4, 0.5) is 0 Å². The summed E-state index contributed by atoms with van der Waals surface area (Å²) >= 11 is 0. The molecule has 0 radical (unpaired) electrons. The summed E-state index contributed by atoms with van der Waals surface area (Å²) in [7, 11) is 0. The molecule has 1 fully saturated rings. The van der Waals surface area contributed by atoms with Crippen LogP contribution < -0.4 is 15.8 Å². The number of ether oxygens (including phenoxy) is 2. The molecule has 0 spiro atoms. The molecule has 7 heteroatoms. The van der Waals surface area contributed by atoms with Gasteiger partial charge in [-0.3, -0.25) is 9.67 Å². The number of aryl methyl sites for hydroxylation is 1. The Morgan fingerprint density at radius 3 is 3.07 bits per heavy atom. The number of para-hydroxylation sites is 1. The maximum atomic E-state index is 6.19. The van der Waals surface area contributed by atoms with Crippen LogP contribution in [-0.2, 0) is 11.3 Å². The van der Waals surface area contributed by atoms with Crippen molar-refractivity contribution < 1.29 is 9.47 Å². The van der Waals surface area contributed by atoms with Crippen molar-refractivity contribution >= 4 is 5.96 Å². The zero-order chi connectivity index (χ0) is 18.6. The molecule has 1 aromatic carbocycles. The molecule has 0 amide bonds. The predicted molar refractivity (Wildman–Crippen MR) is 104 cm³/mol. The van der Waals surface area contributed by atoms with E-state index in [-0.39, 0.29) is 12.1 Å². The van der Waals surface area contributed by atoms with Gasteiger partial charge >= 0.3 is 0 Å². The smallest absolute Gasteiger partial charge is 0.189 e. The average Bonchev–Trinajstić information content (AvgIpc) is 3.35. The lowest BCUT2D eigenvalue weighted by Gasteiger charge is -2.27. The summed E-state index contributed by atoms with van der Waals surface area (Å²) in [5.74, 6) is 1.72. The van der Waals surface area contributed by atoms with Gasteiger partial charge in [-0.1, -0.05) is 18.2 Å². The standard InChI is InChI=1S/C20H27N5O2/c1-2-25-13-15(12-23-25)19-14(7-9-27-19)11-22-20(21)24-17-8-10-26-18-6-4-3-5-16(17)18/h3-6,12-14,17,19H,2,7-11H2,1H3,(H3,21,22,24)/t14-,17?,19+/m0/s1. The van der Waals surface area contributed by atoms with E-state index in [0.29, 0.717) is 25.0 Å². The second kappa shape index (κ2) is 8.00. The number of benzene rings is 1. The van der Waals surface area contributed by atoms with Crippen LogP contribution in [0.25, 0.3) is 0 Å². The minimum absolute atomic E-state index is 0.0469. The fourth-order valence-corrected chi connectivity index (χ4v) is 3.82. The third kappa shape index (κ3) is 3.93. The molecule has 0 aliphatic carbocycles. The number of aromatic nitrogens is 2. The molecule has 0 saturated carbocycles. The van der Waals surface area contributed by atoms with Crippen molar-refractivity contribution in [2.24, 2.45) is 16.6 Å². The zero-order valence-electron chi connectivity index (χ0n) is 15.7. The number of hydrogen-bond acceptors (Lipinski definition) is 4. The molecular weight excluding hydrogens is 342 g/mol. The Balaban J connectivity index is 1.39. The van der Waals surface area contributed by atoms with Gasteiger partial charge in [0.1, 0.15) is 5.75 Å². The van der Waals surface area contributed by atoms with Gasteiger partial charge in [0.2, 0.25) is 0 Å². The Kier molecular flexibility index (Phi) is 5.29. The van der Waals surface area contributed by atoms with Crippen molar-refractivity contribution in [2.45, 2.75) is 38.5 Å². The first-order chi connectivity index (χ1) is 13.2. The molecule has 0 bridgehead atoms. The summed E-state index contributed by atoms with van der Waals surface area (Å²) in [5, 5.41) is 7.72. The third-order valence-electron chi connectivity index (χ3n) is 5.30. The molecule has 2 aromatic rings. The summed E-state index contributed by atoms with van der Waals surface area (Å²) < 4.78 is 13.6. The number of hydrogen-bond donors (Lipinski definition) is 2. The summed E-state index contributed by atoms with van der Waals surface area (Å²) in [6.45, 7) is 5.02. The Morgan fingerprint density at radius 2 is 2.22 bits per heavy atom. The number of guanidine groups is 1. The van der Waals surface area contributed by atoms with Crippen LogP contribution in [0.5, 0.6) is 5.75 Å². The van der Waals surface area contributed by atoms with E-state index in [9.17, 15) is 0 Å². The van der Waals surface area contributed by atoms with Crippen molar-refractivity contribution in [1.29, 1.82) is 0 Å². The van der Waals surface area contributed by atoms with Gasteiger partial charge in [-0.2, -0.15) is 5.10 Å². The van der Waals surface area contributed by atoms with Crippen molar-refractivity contribution in [2.75, 3.05) is 19.8 Å². The minimum Gasteiger partial charge on any atom is -0.493 e. The molecule has 1 saturated heterocycles. The highest BCUT2D eigenvalue weighted by Gasteiger charge is 2.30. The number of nitrogens with zero attached hydrogens (tertiary/aromatic N) is 3. The molecule has 4 rings (SSSR count). The maximum Gasteiger partial charge on any atom is 0.189 e. The van der Waals surface area contributed by atoms with E-state index in [0.717, 1.165) is 42.9 Å². The van der Waals surface area contributed by atoms with Gasteiger partial charge in [-0.25, -0.2) is 0 Å². The van der Waals surface area contributed by atoms with Gasteiger partial charge in [0.05, 0.1) is 24.9 Å². The number of fused-ring (bicyclic) bond motifs is 1. The Hall–Kier alpha value is -2.54. The molecule has 3 heterocycles. The van der Waals surface area contributed by atoms with Gasteiger partial charge in [-0.05, 0) is 19.4 Å². The Morgan fingerprint density at radius 1 is 1.33 bits per heavy atom. The van der Waals surface area contributed by atoms with Gasteiger partial charge in [0.25, 0.3) is 0 Å². The molecule has 2 aliphatic rings.